The largest absolute Gasteiger partial charge is 0.455 e. The van der Waals surface area contributed by atoms with Crippen molar-refractivity contribution in [1.82, 2.24) is 5.32 Å². The van der Waals surface area contributed by atoms with Crippen LogP contribution in [0, 0.1) is 5.92 Å². The number of amides is 2. The maximum atomic E-state index is 12.4. The first-order chi connectivity index (χ1) is 12.5. The molecule has 2 amide bonds. The number of nitrogens with one attached hydrogen (secondary N) is 2. The highest BCUT2D eigenvalue weighted by Gasteiger charge is 2.15. The highest BCUT2D eigenvalue weighted by molar-refractivity contribution is 6.04. The average molecular weight is 354 g/mol. The van der Waals surface area contributed by atoms with Gasteiger partial charge in [0, 0.05) is 6.54 Å². The topological polar surface area (TPSA) is 84.5 Å². The van der Waals surface area contributed by atoms with Crippen molar-refractivity contribution in [2.24, 2.45) is 5.92 Å². The molecule has 0 aliphatic rings. The van der Waals surface area contributed by atoms with Crippen molar-refractivity contribution >= 4 is 23.5 Å². The van der Waals surface area contributed by atoms with Gasteiger partial charge in [-0.15, -0.1) is 0 Å². The standard InChI is InChI=1S/C20H22N2O4/c1-14(2)20(25)26-13-18(23)22-17-11-7-6-10-16(17)19(24)21-12-15-8-4-3-5-9-15/h3-11,14H,12-13H2,1-2H3,(H,21,24)(H,22,23). The van der Waals surface area contributed by atoms with Crippen LogP contribution in [0.5, 0.6) is 0 Å². The van der Waals surface area contributed by atoms with Crippen LogP contribution in [-0.2, 0) is 20.9 Å². The molecule has 2 aromatic rings. The van der Waals surface area contributed by atoms with Crippen molar-refractivity contribution in [2.45, 2.75) is 20.4 Å². The summed E-state index contributed by atoms with van der Waals surface area (Å²) in [5.41, 5.74) is 1.68. The summed E-state index contributed by atoms with van der Waals surface area (Å²) < 4.78 is 4.89. The molecule has 0 aromatic heterocycles. The molecule has 6 heteroatoms. The highest BCUT2D eigenvalue weighted by Crippen LogP contribution is 2.15. The quantitative estimate of drug-likeness (QED) is 0.749. The van der Waals surface area contributed by atoms with E-state index in [2.05, 4.69) is 10.6 Å². The van der Waals surface area contributed by atoms with Crippen LogP contribution in [0.15, 0.2) is 54.6 Å². The Balaban J connectivity index is 1.97. The van der Waals surface area contributed by atoms with Crippen LogP contribution in [0.25, 0.3) is 0 Å². The smallest absolute Gasteiger partial charge is 0.308 e. The Kier molecular flexibility index (Phi) is 6.91. The molecule has 0 heterocycles. The molecular formula is C20H22N2O4. The van der Waals surface area contributed by atoms with Gasteiger partial charge in [0.2, 0.25) is 0 Å². The minimum Gasteiger partial charge on any atom is -0.455 e. The van der Waals surface area contributed by atoms with Crippen molar-refractivity contribution in [3.63, 3.8) is 0 Å². The zero-order valence-electron chi connectivity index (χ0n) is 14.8. The van der Waals surface area contributed by atoms with Crippen molar-refractivity contribution in [1.29, 1.82) is 0 Å². The minimum atomic E-state index is -0.498. The summed E-state index contributed by atoms with van der Waals surface area (Å²) in [6.45, 7) is 3.37. The minimum absolute atomic E-state index is 0.302. The van der Waals surface area contributed by atoms with Crippen LogP contribution in [0.3, 0.4) is 0 Å². The van der Waals surface area contributed by atoms with Crippen LogP contribution in [0.1, 0.15) is 29.8 Å². The van der Waals surface area contributed by atoms with Gasteiger partial charge in [-0.1, -0.05) is 56.3 Å². The summed E-state index contributed by atoms with van der Waals surface area (Å²) >= 11 is 0. The monoisotopic (exact) mass is 354 g/mol. The Morgan fingerprint density at radius 3 is 2.31 bits per heavy atom. The van der Waals surface area contributed by atoms with Gasteiger partial charge in [0.25, 0.3) is 11.8 Å². The van der Waals surface area contributed by atoms with Crippen LogP contribution in [0.2, 0.25) is 0 Å². The molecule has 136 valence electrons. The predicted octanol–water partition coefficient (Wildman–Crippen LogP) is 2.75. The second-order valence-corrected chi connectivity index (χ2v) is 6.02. The summed E-state index contributed by atoms with van der Waals surface area (Å²) in [4.78, 5) is 35.8. The zero-order chi connectivity index (χ0) is 18.9. The van der Waals surface area contributed by atoms with Crippen LogP contribution < -0.4 is 10.6 Å². The van der Waals surface area contributed by atoms with Crippen molar-refractivity contribution in [3.05, 3.63) is 65.7 Å². The fourth-order valence-electron chi connectivity index (χ4n) is 2.15. The van der Waals surface area contributed by atoms with Gasteiger partial charge in [-0.05, 0) is 17.7 Å². The van der Waals surface area contributed by atoms with Gasteiger partial charge in [0.15, 0.2) is 6.61 Å². The van der Waals surface area contributed by atoms with E-state index in [9.17, 15) is 14.4 Å². The van der Waals surface area contributed by atoms with Crippen molar-refractivity contribution in [3.8, 4) is 0 Å². The molecule has 0 radical (unpaired) electrons. The van der Waals surface area contributed by atoms with E-state index in [1.165, 1.54) is 0 Å². The summed E-state index contributed by atoms with van der Waals surface area (Å²) in [6.07, 6.45) is 0. The highest BCUT2D eigenvalue weighted by atomic mass is 16.5. The number of hydrogen-bond donors (Lipinski definition) is 2. The molecule has 0 bridgehead atoms. The molecule has 2 aromatic carbocycles. The first-order valence-electron chi connectivity index (χ1n) is 8.35. The number of anilines is 1. The van der Waals surface area contributed by atoms with Crippen molar-refractivity contribution in [2.75, 3.05) is 11.9 Å². The second kappa shape index (κ2) is 9.36. The lowest BCUT2D eigenvalue weighted by Crippen LogP contribution is -2.26. The third kappa shape index (κ3) is 5.73. The fourth-order valence-corrected chi connectivity index (χ4v) is 2.15. The number of benzene rings is 2. The van der Waals surface area contributed by atoms with Gasteiger partial charge in [-0.3, -0.25) is 14.4 Å². The molecule has 2 N–H and O–H groups in total. The number of hydrogen-bond acceptors (Lipinski definition) is 4. The normalized spacial score (nSPS) is 10.3. The summed E-state index contributed by atoms with van der Waals surface area (Å²) in [6, 6.07) is 16.2. The van der Waals surface area contributed by atoms with E-state index in [0.717, 1.165) is 5.56 Å². The van der Waals surface area contributed by atoms with Crippen LogP contribution in [0.4, 0.5) is 5.69 Å². The van der Waals surface area contributed by atoms with E-state index in [0.29, 0.717) is 17.8 Å². The third-order valence-corrected chi connectivity index (χ3v) is 3.56. The molecule has 6 nitrogen and oxygen atoms in total. The third-order valence-electron chi connectivity index (χ3n) is 3.56. The lowest BCUT2D eigenvalue weighted by molar-refractivity contribution is -0.150. The number of carbonyl (C=O) groups is 3. The summed E-state index contributed by atoms with van der Waals surface area (Å²) in [5.74, 6) is -1.56. The molecule has 0 fully saturated rings. The average Bonchev–Trinajstić information content (AvgIpc) is 2.65. The van der Waals surface area contributed by atoms with Gasteiger partial charge in [-0.2, -0.15) is 0 Å². The maximum Gasteiger partial charge on any atom is 0.308 e. The maximum absolute atomic E-state index is 12.4. The number of ether oxygens (including phenoxy) is 1. The number of carbonyl (C=O) groups excluding carboxylic acids is 3. The Bertz CT molecular complexity index is 772. The molecule has 0 saturated carbocycles. The molecule has 0 saturated heterocycles. The first-order valence-corrected chi connectivity index (χ1v) is 8.35. The Morgan fingerprint density at radius 2 is 1.62 bits per heavy atom. The van der Waals surface area contributed by atoms with Gasteiger partial charge in [0.1, 0.15) is 0 Å². The molecule has 26 heavy (non-hydrogen) atoms. The first kappa shape index (κ1) is 19.2. The lowest BCUT2D eigenvalue weighted by Gasteiger charge is -2.12. The lowest BCUT2D eigenvalue weighted by atomic mass is 10.1. The number of esters is 1. The number of para-hydroxylation sites is 1. The van der Waals surface area contributed by atoms with E-state index in [4.69, 9.17) is 4.74 Å². The summed E-state index contributed by atoms with van der Waals surface area (Å²) in [7, 11) is 0. The molecule has 0 unspecified atom stereocenters. The van der Waals surface area contributed by atoms with Gasteiger partial charge in [0.05, 0.1) is 17.2 Å². The molecule has 0 spiro atoms. The van der Waals surface area contributed by atoms with E-state index < -0.39 is 18.5 Å². The molecule has 2 rings (SSSR count). The molecule has 0 aliphatic heterocycles. The molecule has 0 aliphatic carbocycles. The van der Waals surface area contributed by atoms with E-state index in [-0.39, 0.29) is 11.8 Å². The molecular weight excluding hydrogens is 332 g/mol. The Morgan fingerprint density at radius 1 is 0.962 bits per heavy atom. The fraction of sp³-hybridized carbons (Fsp3) is 0.250. The second-order valence-electron chi connectivity index (χ2n) is 6.02. The Labute approximate surface area is 152 Å². The number of rotatable bonds is 7. The Hall–Kier alpha value is -3.15. The van der Waals surface area contributed by atoms with Crippen LogP contribution >= 0.6 is 0 Å². The SMILES string of the molecule is CC(C)C(=O)OCC(=O)Nc1ccccc1C(=O)NCc1ccccc1. The van der Waals surface area contributed by atoms with E-state index in [1.54, 1.807) is 38.1 Å². The van der Waals surface area contributed by atoms with E-state index >= 15 is 0 Å². The van der Waals surface area contributed by atoms with E-state index in [1.807, 2.05) is 30.3 Å². The van der Waals surface area contributed by atoms with Gasteiger partial charge >= 0.3 is 5.97 Å². The zero-order valence-corrected chi connectivity index (χ0v) is 14.8. The van der Waals surface area contributed by atoms with Crippen molar-refractivity contribution < 1.29 is 19.1 Å². The predicted molar refractivity (Wildman–Crippen MR) is 98.5 cm³/mol. The van der Waals surface area contributed by atoms with Crippen LogP contribution in [-0.4, -0.2) is 24.4 Å². The van der Waals surface area contributed by atoms with Gasteiger partial charge in [-0.25, -0.2) is 0 Å². The molecule has 0 atom stereocenters. The van der Waals surface area contributed by atoms with Gasteiger partial charge < -0.3 is 15.4 Å². The summed E-state index contributed by atoms with van der Waals surface area (Å²) in [5, 5.41) is 5.43.